The molecule has 0 aliphatic heterocycles. The molecule has 0 fully saturated rings. The Hall–Kier alpha value is -2.33. The number of rotatable bonds is 8. The second-order valence-corrected chi connectivity index (χ2v) is 6.77. The highest BCUT2D eigenvalue weighted by Crippen LogP contribution is 2.13. The van der Waals surface area contributed by atoms with Crippen LogP contribution < -0.4 is 5.32 Å². The predicted octanol–water partition coefficient (Wildman–Crippen LogP) is 4.00. The van der Waals surface area contributed by atoms with Crippen LogP contribution in [0.2, 0.25) is 5.02 Å². The molecule has 0 aliphatic rings. The Kier molecular flexibility index (Phi) is 7.67. The van der Waals surface area contributed by atoms with Gasteiger partial charge in [0.25, 0.3) is 0 Å². The number of hydrogen-bond acceptors (Lipinski definition) is 2. The van der Waals surface area contributed by atoms with E-state index in [2.05, 4.69) is 5.32 Å². The largest absolute Gasteiger partial charge is 0.350 e. The molecule has 138 valence electrons. The Balaban J connectivity index is 1.82. The molecule has 0 aromatic heterocycles. The first-order valence-electron chi connectivity index (χ1n) is 8.80. The average molecular weight is 373 g/mol. The molecule has 2 aromatic rings. The number of amides is 2. The number of carbonyl (C=O) groups is 2. The van der Waals surface area contributed by atoms with Crippen molar-refractivity contribution < 1.29 is 9.59 Å². The van der Waals surface area contributed by atoms with Gasteiger partial charge in [-0.15, -0.1) is 0 Å². The fourth-order valence-corrected chi connectivity index (χ4v) is 2.97. The highest BCUT2D eigenvalue weighted by molar-refractivity contribution is 6.30. The molecular weight excluding hydrogens is 348 g/mol. The first-order valence-corrected chi connectivity index (χ1v) is 9.18. The van der Waals surface area contributed by atoms with Gasteiger partial charge in [-0.2, -0.15) is 0 Å². The molecule has 5 heteroatoms. The number of hydrogen-bond donors (Lipinski definition) is 1. The lowest BCUT2D eigenvalue weighted by Crippen LogP contribution is -2.35. The van der Waals surface area contributed by atoms with Gasteiger partial charge in [-0.1, -0.05) is 54.1 Å². The van der Waals surface area contributed by atoms with E-state index in [4.69, 9.17) is 11.6 Å². The maximum atomic E-state index is 12.2. The van der Waals surface area contributed by atoms with Crippen LogP contribution in [-0.2, 0) is 16.0 Å². The van der Waals surface area contributed by atoms with Gasteiger partial charge in [0, 0.05) is 31.5 Å². The second-order valence-electron chi connectivity index (χ2n) is 6.34. The van der Waals surface area contributed by atoms with E-state index in [-0.39, 0.29) is 24.3 Å². The summed E-state index contributed by atoms with van der Waals surface area (Å²) in [4.78, 5) is 25.8. The summed E-state index contributed by atoms with van der Waals surface area (Å²) in [6, 6.07) is 17.4. The Morgan fingerprint density at radius 2 is 1.81 bits per heavy atom. The van der Waals surface area contributed by atoms with Gasteiger partial charge in [0.05, 0.1) is 6.04 Å². The zero-order valence-corrected chi connectivity index (χ0v) is 16.0. The number of carbonyl (C=O) groups excluding carboxylic acids is 2. The Morgan fingerprint density at radius 1 is 1.08 bits per heavy atom. The normalized spacial score (nSPS) is 11.7. The SMILES string of the molecule is CC(=O)N(CCC(=O)NC(C)c1ccccc1)CCc1cccc(Cl)c1. The van der Waals surface area contributed by atoms with Gasteiger partial charge in [0.2, 0.25) is 11.8 Å². The molecule has 4 nitrogen and oxygen atoms in total. The molecule has 0 radical (unpaired) electrons. The first-order chi connectivity index (χ1) is 12.5. The van der Waals surface area contributed by atoms with E-state index in [9.17, 15) is 9.59 Å². The molecule has 1 atom stereocenters. The van der Waals surface area contributed by atoms with Gasteiger partial charge >= 0.3 is 0 Å². The number of nitrogens with one attached hydrogen (secondary N) is 1. The van der Waals surface area contributed by atoms with E-state index < -0.39 is 0 Å². The maximum absolute atomic E-state index is 12.2. The zero-order valence-electron chi connectivity index (χ0n) is 15.2. The summed E-state index contributed by atoms with van der Waals surface area (Å²) in [6.45, 7) is 4.46. The second kappa shape index (κ2) is 9.97. The average Bonchev–Trinajstić information content (AvgIpc) is 2.62. The highest BCUT2D eigenvalue weighted by Gasteiger charge is 2.13. The van der Waals surface area contributed by atoms with Crippen LogP contribution in [0.15, 0.2) is 54.6 Å². The summed E-state index contributed by atoms with van der Waals surface area (Å²) in [6.07, 6.45) is 0.995. The van der Waals surface area contributed by atoms with Crippen molar-refractivity contribution >= 4 is 23.4 Å². The van der Waals surface area contributed by atoms with E-state index in [0.717, 1.165) is 11.1 Å². The van der Waals surface area contributed by atoms with Crippen LogP contribution in [0, 0.1) is 0 Å². The Labute approximate surface area is 160 Å². The molecule has 0 spiro atoms. The van der Waals surface area contributed by atoms with Gasteiger partial charge in [-0.3, -0.25) is 9.59 Å². The smallest absolute Gasteiger partial charge is 0.222 e. The van der Waals surface area contributed by atoms with E-state index in [1.54, 1.807) is 4.90 Å². The topological polar surface area (TPSA) is 49.4 Å². The van der Waals surface area contributed by atoms with Crippen molar-refractivity contribution in [3.63, 3.8) is 0 Å². The molecule has 1 unspecified atom stereocenters. The van der Waals surface area contributed by atoms with Crippen LogP contribution >= 0.6 is 11.6 Å². The minimum absolute atomic E-state index is 0.0315. The lowest BCUT2D eigenvalue weighted by Gasteiger charge is -2.22. The minimum Gasteiger partial charge on any atom is -0.350 e. The maximum Gasteiger partial charge on any atom is 0.222 e. The van der Waals surface area contributed by atoms with Gasteiger partial charge in [-0.25, -0.2) is 0 Å². The molecule has 0 saturated heterocycles. The standard InChI is InChI=1S/C21H25ClN2O2/c1-16(19-8-4-3-5-9-19)23-21(26)12-14-24(17(2)25)13-11-18-7-6-10-20(22)15-18/h3-10,15-16H,11-14H2,1-2H3,(H,23,26). The van der Waals surface area contributed by atoms with Crippen molar-refractivity contribution in [2.45, 2.75) is 32.7 Å². The molecule has 2 rings (SSSR count). The molecule has 0 aliphatic carbocycles. The molecule has 1 N–H and O–H groups in total. The summed E-state index contributed by atoms with van der Waals surface area (Å²) in [5, 5.41) is 3.66. The first kappa shape index (κ1) is 20.0. The van der Waals surface area contributed by atoms with Gasteiger partial charge < -0.3 is 10.2 Å². The summed E-state index contributed by atoms with van der Waals surface area (Å²) in [7, 11) is 0. The van der Waals surface area contributed by atoms with Crippen molar-refractivity contribution in [3.05, 3.63) is 70.7 Å². The summed E-state index contributed by atoms with van der Waals surface area (Å²) in [5.41, 5.74) is 2.14. The van der Waals surface area contributed by atoms with Crippen molar-refractivity contribution in [1.82, 2.24) is 10.2 Å². The van der Waals surface area contributed by atoms with Crippen LogP contribution in [0.1, 0.15) is 37.4 Å². The van der Waals surface area contributed by atoms with Gasteiger partial charge in [0.1, 0.15) is 0 Å². The molecule has 0 heterocycles. The van der Waals surface area contributed by atoms with E-state index in [1.807, 2.05) is 61.5 Å². The number of halogens is 1. The van der Waals surface area contributed by atoms with Crippen molar-refractivity contribution in [1.29, 1.82) is 0 Å². The quantitative estimate of drug-likeness (QED) is 0.761. The number of nitrogens with zero attached hydrogens (tertiary/aromatic N) is 1. The van der Waals surface area contributed by atoms with Gasteiger partial charge in [-0.05, 0) is 36.6 Å². The molecule has 2 amide bonds. The number of benzene rings is 2. The Morgan fingerprint density at radius 3 is 2.46 bits per heavy atom. The third kappa shape index (κ3) is 6.52. The summed E-state index contributed by atoms with van der Waals surface area (Å²) < 4.78 is 0. The molecule has 2 aromatic carbocycles. The molecule has 0 bridgehead atoms. The van der Waals surface area contributed by atoms with E-state index in [0.29, 0.717) is 24.5 Å². The van der Waals surface area contributed by atoms with E-state index >= 15 is 0 Å². The predicted molar refractivity (Wildman–Crippen MR) is 105 cm³/mol. The molecular formula is C21H25ClN2O2. The van der Waals surface area contributed by atoms with Crippen molar-refractivity contribution in [2.24, 2.45) is 0 Å². The zero-order chi connectivity index (χ0) is 18.9. The van der Waals surface area contributed by atoms with E-state index in [1.165, 1.54) is 6.92 Å². The summed E-state index contributed by atoms with van der Waals surface area (Å²) >= 11 is 5.99. The van der Waals surface area contributed by atoms with Crippen LogP contribution in [0.4, 0.5) is 0 Å². The lowest BCUT2D eigenvalue weighted by atomic mass is 10.1. The molecule has 26 heavy (non-hydrogen) atoms. The fraction of sp³-hybridized carbons (Fsp3) is 0.333. The minimum atomic E-state index is -0.0599. The highest BCUT2D eigenvalue weighted by atomic mass is 35.5. The van der Waals surface area contributed by atoms with Crippen LogP contribution in [0.5, 0.6) is 0 Å². The van der Waals surface area contributed by atoms with Crippen LogP contribution in [0.25, 0.3) is 0 Å². The van der Waals surface area contributed by atoms with Crippen LogP contribution in [0.3, 0.4) is 0 Å². The van der Waals surface area contributed by atoms with Crippen molar-refractivity contribution in [3.8, 4) is 0 Å². The summed E-state index contributed by atoms with van der Waals surface area (Å²) in [5.74, 6) is -0.0914. The molecule has 0 saturated carbocycles. The monoisotopic (exact) mass is 372 g/mol. The fourth-order valence-electron chi connectivity index (χ4n) is 2.76. The Bertz CT molecular complexity index is 734. The lowest BCUT2D eigenvalue weighted by molar-refractivity contribution is -0.129. The van der Waals surface area contributed by atoms with Crippen LogP contribution in [-0.4, -0.2) is 29.8 Å². The third-order valence-electron chi connectivity index (χ3n) is 4.29. The third-order valence-corrected chi connectivity index (χ3v) is 4.53. The van der Waals surface area contributed by atoms with Crippen molar-refractivity contribution in [2.75, 3.05) is 13.1 Å². The van der Waals surface area contributed by atoms with Gasteiger partial charge in [0.15, 0.2) is 0 Å².